The van der Waals surface area contributed by atoms with E-state index in [4.69, 9.17) is 0 Å². The Morgan fingerprint density at radius 2 is 2.06 bits per heavy atom. The van der Waals surface area contributed by atoms with Crippen molar-refractivity contribution in [1.29, 1.82) is 0 Å². The van der Waals surface area contributed by atoms with Crippen LogP contribution in [0, 0.1) is 0 Å². The molecule has 1 rings (SSSR count). The fraction of sp³-hybridized carbons (Fsp3) is 0.917. The second kappa shape index (κ2) is 6.21. The zero-order chi connectivity index (χ0) is 12.0. The van der Waals surface area contributed by atoms with Crippen LogP contribution >= 0.6 is 0 Å². The zero-order valence-electron chi connectivity index (χ0n) is 10.4. The SMILES string of the molecule is CCN(CCC(=O)OC)CC1(O)CCCC1. The summed E-state index contributed by atoms with van der Waals surface area (Å²) in [5.41, 5.74) is -0.522. The largest absolute Gasteiger partial charge is 0.469 e. The highest BCUT2D eigenvalue weighted by molar-refractivity contribution is 5.69. The fourth-order valence-electron chi connectivity index (χ4n) is 2.31. The number of esters is 1. The first-order valence-electron chi connectivity index (χ1n) is 6.11. The minimum Gasteiger partial charge on any atom is -0.469 e. The molecule has 0 atom stereocenters. The number of likely N-dealkylation sites (N-methyl/N-ethyl adjacent to an activating group) is 1. The van der Waals surface area contributed by atoms with Crippen LogP contribution in [-0.4, -0.2) is 48.3 Å². The Morgan fingerprint density at radius 1 is 1.44 bits per heavy atom. The highest BCUT2D eigenvalue weighted by atomic mass is 16.5. The molecule has 0 radical (unpaired) electrons. The maximum absolute atomic E-state index is 11.0. The summed E-state index contributed by atoms with van der Waals surface area (Å²) in [4.78, 5) is 13.2. The van der Waals surface area contributed by atoms with Gasteiger partial charge < -0.3 is 14.7 Å². The summed E-state index contributed by atoms with van der Waals surface area (Å²) in [6, 6.07) is 0. The summed E-state index contributed by atoms with van der Waals surface area (Å²) < 4.78 is 4.61. The number of ether oxygens (including phenoxy) is 1. The smallest absolute Gasteiger partial charge is 0.306 e. The van der Waals surface area contributed by atoms with Crippen molar-refractivity contribution in [3.63, 3.8) is 0 Å². The third-order valence-corrected chi connectivity index (χ3v) is 3.36. The number of aliphatic hydroxyl groups is 1. The molecule has 0 aromatic heterocycles. The molecule has 0 aromatic carbocycles. The van der Waals surface area contributed by atoms with Crippen LogP contribution in [0.5, 0.6) is 0 Å². The predicted molar refractivity (Wildman–Crippen MR) is 62.2 cm³/mol. The molecule has 1 aliphatic rings. The fourth-order valence-corrected chi connectivity index (χ4v) is 2.31. The highest BCUT2D eigenvalue weighted by Gasteiger charge is 2.32. The van der Waals surface area contributed by atoms with Gasteiger partial charge in [0.1, 0.15) is 0 Å². The van der Waals surface area contributed by atoms with E-state index in [1.807, 2.05) is 0 Å². The van der Waals surface area contributed by atoms with Crippen molar-refractivity contribution < 1.29 is 14.6 Å². The molecule has 0 aromatic rings. The van der Waals surface area contributed by atoms with E-state index in [9.17, 15) is 9.90 Å². The molecule has 0 bridgehead atoms. The monoisotopic (exact) mass is 229 g/mol. The maximum Gasteiger partial charge on any atom is 0.306 e. The number of nitrogens with zero attached hydrogens (tertiary/aromatic N) is 1. The molecule has 4 nitrogen and oxygen atoms in total. The van der Waals surface area contributed by atoms with E-state index >= 15 is 0 Å². The molecule has 1 fully saturated rings. The first-order valence-corrected chi connectivity index (χ1v) is 6.11. The Kier molecular flexibility index (Phi) is 5.22. The van der Waals surface area contributed by atoms with Crippen molar-refractivity contribution in [3.8, 4) is 0 Å². The summed E-state index contributed by atoms with van der Waals surface area (Å²) in [6.45, 7) is 4.26. The van der Waals surface area contributed by atoms with Crippen molar-refractivity contribution >= 4 is 5.97 Å². The molecule has 0 saturated heterocycles. The summed E-state index contributed by atoms with van der Waals surface area (Å²) in [7, 11) is 1.41. The quantitative estimate of drug-likeness (QED) is 0.695. The van der Waals surface area contributed by atoms with Gasteiger partial charge in [-0.25, -0.2) is 0 Å². The Hall–Kier alpha value is -0.610. The van der Waals surface area contributed by atoms with E-state index in [0.717, 1.165) is 32.2 Å². The van der Waals surface area contributed by atoms with Gasteiger partial charge in [-0.2, -0.15) is 0 Å². The molecule has 1 aliphatic carbocycles. The van der Waals surface area contributed by atoms with Crippen LogP contribution in [0.2, 0.25) is 0 Å². The lowest BCUT2D eigenvalue weighted by molar-refractivity contribution is -0.141. The van der Waals surface area contributed by atoms with Gasteiger partial charge in [0.15, 0.2) is 0 Å². The molecule has 94 valence electrons. The van der Waals surface area contributed by atoms with Crippen molar-refractivity contribution in [2.75, 3.05) is 26.7 Å². The third kappa shape index (κ3) is 4.10. The van der Waals surface area contributed by atoms with Gasteiger partial charge in [-0.1, -0.05) is 19.8 Å². The number of methoxy groups -OCH3 is 1. The Morgan fingerprint density at radius 3 is 2.56 bits per heavy atom. The van der Waals surface area contributed by atoms with Crippen LogP contribution in [0.15, 0.2) is 0 Å². The molecule has 4 heteroatoms. The summed E-state index contributed by atoms with van der Waals surface area (Å²) in [6.07, 6.45) is 4.42. The second-order valence-electron chi connectivity index (χ2n) is 4.63. The average molecular weight is 229 g/mol. The van der Waals surface area contributed by atoms with Crippen LogP contribution < -0.4 is 0 Å². The Balaban J connectivity index is 2.33. The molecule has 1 saturated carbocycles. The molecule has 1 N–H and O–H groups in total. The van der Waals surface area contributed by atoms with Crippen LogP contribution in [0.1, 0.15) is 39.0 Å². The van der Waals surface area contributed by atoms with Gasteiger partial charge in [0.05, 0.1) is 19.1 Å². The minimum absolute atomic E-state index is 0.183. The van der Waals surface area contributed by atoms with Gasteiger partial charge in [-0.3, -0.25) is 4.79 Å². The van der Waals surface area contributed by atoms with Gasteiger partial charge in [-0.05, 0) is 19.4 Å². The Bertz CT molecular complexity index is 224. The molecule has 16 heavy (non-hydrogen) atoms. The van der Waals surface area contributed by atoms with E-state index in [1.165, 1.54) is 7.11 Å². The van der Waals surface area contributed by atoms with Crippen LogP contribution in [-0.2, 0) is 9.53 Å². The van der Waals surface area contributed by atoms with Crippen molar-refractivity contribution in [3.05, 3.63) is 0 Å². The van der Waals surface area contributed by atoms with Gasteiger partial charge in [0, 0.05) is 13.1 Å². The normalized spacial score (nSPS) is 19.0. The van der Waals surface area contributed by atoms with Gasteiger partial charge in [0.25, 0.3) is 0 Å². The molecular formula is C12H23NO3. The minimum atomic E-state index is -0.522. The first kappa shape index (κ1) is 13.5. The van der Waals surface area contributed by atoms with Crippen LogP contribution in [0.25, 0.3) is 0 Å². The van der Waals surface area contributed by atoms with Crippen molar-refractivity contribution in [2.45, 2.75) is 44.6 Å². The molecule has 0 heterocycles. The third-order valence-electron chi connectivity index (χ3n) is 3.36. The summed E-state index contributed by atoms with van der Waals surface area (Å²) in [5.74, 6) is -0.183. The van der Waals surface area contributed by atoms with Crippen LogP contribution in [0.4, 0.5) is 0 Å². The maximum atomic E-state index is 11.0. The number of carbonyl (C=O) groups is 1. The molecule has 0 amide bonds. The van der Waals surface area contributed by atoms with Crippen molar-refractivity contribution in [1.82, 2.24) is 4.90 Å². The summed E-state index contributed by atoms with van der Waals surface area (Å²) >= 11 is 0. The molecule has 0 aliphatic heterocycles. The lowest BCUT2D eigenvalue weighted by Crippen LogP contribution is -2.41. The number of hydrogen-bond donors (Lipinski definition) is 1. The molecule has 0 unspecified atom stereocenters. The van der Waals surface area contributed by atoms with Gasteiger partial charge >= 0.3 is 5.97 Å². The predicted octanol–water partition coefficient (Wildman–Crippen LogP) is 1.18. The number of hydrogen-bond acceptors (Lipinski definition) is 4. The van der Waals surface area contributed by atoms with E-state index in [0.29, 0.717) is 19.5 Å². The van der Waals surface area contributed by atoms with Crippen molar-refractivity contribution in [2.24, 2.45) is 0 Å². The standard InChI is InChI=1S/C12H23NO3/c1-3-13(9-6-11(14)16-2)10-12(15)7-4-5-8-12/h15H,3-10H2,1-2H3. The van der Waals surface area contributed by atoms with E-state index in [1.54, 1.807) is 0 Å². The topological polar surface area (TPSA) is 49.8 Å². The van der Waals surface area contributed by atoms with Crippen LogP contribution in [0.3, 0.4) is 0 Å². The lowest BCUT2D eigenvalue weighted by Gasteiger charge is -2.30. The number of rotatable bonds is 6. The van der Waals surface area contributed by atoms with E-state index in [2.05, 4.69) is 16.6 Å². The zero-order valence-corrected chi connectivity index (χ0v) is 10.4. The molecular weight excluding hydrogens is 206 g/mol. The van der Waals surface area contributed by atoms with E-state index < -0.39 is 5.60 Å². The first-order chi connectivity index (χ1) is 7.59. The van der Waals surface area contributed by atoms with Gasteiger partial charge in [-0.15, -0.1) is 0 Å². The highest BCUT2D eigenvalue weighted by Crippen LogP contribution is 2.30. The average Bonchev–Trinajstić information content (AvgIpc) is 2.70. The Labute approximate surface area is 97.6 Å². The van der Waals surface area contributed by atoms with Gasteiger partial charge in [0.2, 0.25) is 0 Å². The second-order valence-corrected chi connectivity index (χ2v) is 4.63. The number of carbonyl (C=O) groups excluding carboxylic acids is 1. The molecule has 0 spiro atoms. The van der Waals surface area contributed by atoms with E-state index in [-0.39, 0.29) is 5.97 Å². The lowest BCUT2D eigenvalue weighted by atomic mass is 10.0. The summed E-state index contributed by atoms with van der Waals surface area (Å²) in [5, 5.41) is 10.3.